The molecular formula is C20H20Cl2N2O3. The summed E-state index contributed by atoms with van der Waals surface area (Å²) in [7, 11) is 0. The third-order valence-corrected chi connectivity index (χ3v) is 5.23. The number of ether oxygens (including phenoxy) is 1. The zero-order chi connectivity index (χ0) is 19.6. The van der Waals surface area contributed by atoms with Crippen molar-refractivity contribution in [1.29, 1.82) is 0 Å². The van der Waals surface area contributed by atoms with Crippen LogP contribution in [0, 0.1) is 13.8 Å². The van der Waals surface area contributed by atoms with Crippen molar-refractivity contribution in [3.63, 3.8) is 0 Å². The Hall–Kier alpha value is -2.24. The number of rotatable bonds is 7. The van der Waals surface area contributed by atoms with Crippen LogP contribution in [0.5, 0.6) is 5.75 Å². The quantitative estimate of drug-likeness (QED) is 0.544. The van der Waals surface area contributed by atoms with Gasteiger partial charge in [-0.1, -0.05) is 35.3 Å². The van der Waals surface area contributed by atoms with Crippen molar-refractivity contribution < 1.29 is 14.6 Å². The number of imidazole rings is 1. The third kappa shape index (κ3) is 4.37. The van der Waals surface area contributed by atoms with Gasteiger partial charge >= 0.3 is 5.97 Å². The molecule has 0 saturated heterocycles. The Bertz CT molecular complexity index is 999. The zero-order valence-electron chi connectivity index (χ0n) is 15.1. The number of carboxylic acid groups (broad SMARTS) is 1. The largest absolute Gasteiger partial charge is 0.493 e. The molecule has 0 amide bonds. The van der Waals surface area contributed by atoms with Crippen LogP contribution in [0.2, 0.25) is 10.0 Å². The molecule has 7 heteroatoms. The van der Waals surface area contributed by atoms with Gasteiger partial charge in [0.1, 0.15) is 11.6 Å². The van der Waals surface area contributed by atoms with Crippen molar-refractivity contribution in [3.05, 3.63) is 57.3 Å². The molecule has 27 heavy (non-hydrogen) atoms. The van der Waals surface area contributed by atoms with Crippen molar-refractivity contribution in [3.8, 4) is 5.75 Å². The first-order chi connectivity index (χ1) is 12.9. The van der Waals surface area contributed by atoms with E-state index in [9.17, 15) is 4.79 Å². The molecule has 0 spiro atoms. The minimum atomic E-state index is -0.822. The predicted octanol–water partition coefficient (Wildman–Crippen LogP) is 5.25. The van der Waals surface area contributed by atoms with Crippen molar-refractivity contribution in [2.24, 2.45) is 0 Å². The summed E-state index contributed by atoms with van der Waals surface area (Å²) in [4.78, 5) is 15.3. The molecule has 1 aromatic heterocycles. The van der Waals surface area contributed by atoms with E-state index in [1.165, 1.54) is 0 Å². The van der Waals surface area contributed by atoms with Crippen molar-refractivity contribution in [2.75, 3.05) is 6.61 Å². The molecule has 0 aliphatic heterocycles. The van der Waals surface area contributed by atoms with Crippen LogP contribution in [0.1, 0.15) is 29.8 Å². The molecule has 0 aliphatic carbocycles. The number of carboxylic acids is 1. The third-order valence-electron chi connectivity index (χ3n) is 4.37. The van der Waals surface area contributed by atoms with Crippen LogP contribution in [0.3, 0.4) is 0 Å². The lowest BCUT2D eigenvalue weighted by molar-refractivity contribution is -0.137. The standard InChI is InChI=1S/C20H20Cl2N2O3/c1-12-9-15(27-8-4-7-18(25)26)10-17-20(12)23-13(2)24(17)11-14-5-3-6-16(21)19(14)22/h3,5-6,9-10H,4,7-8,11H2,1-2H3,(H,25,26). The molecule has 1 heterocycles. The number of carbonyl (C=O) groups is 1. The van der Waals surface area contributed by atoms with E-state index >= 15 is 0 Å². The Morgan fingerprint density at radius 3 is 2.78 bits per heavy atom. The molecular weight excluding hydrogens is 387 g/mol. The van der Waals surface area contributed by atoms with E-state index in [-0.39, 0.29) is 6.42 Å². The lowest BCUT2D eigenvalue weighted by Crippen LogP contribution is -2.04. The van der Waals surface area contributed by atoms with Crippen LogP contribution >= 0.6 is 23.2 Å². The first kappa shape index (κ1) is 19.5. The monoisotopic (exact) mass is 406 g/mol. The van der Waals surface area contributed by atoms with Crippen LogP contribution < -0.4 is 4.74 Å². The van der Waals surface area contributed by atoms with Gasteiger partial charge in [-0.25, -0.2) is 4.98 Å². The van der Waals surface area contributed by atoms with Gasteiger partial charge in [0.15, 0.2) is 0 Å². The van der Waals surface area contributed by atoms with Crippen molar-refractivity contribution in [2.45, 2.75) is 33.2 Å². The van der Waals surface area contributed by atoms with E-state index in [1.807, 2.05) is 38.1 Å². The molecule has 3 aromatic rings. The molecule has 5 nitrogen and oxygen atoms in total. The molecule has 0 fully saturated rings. The molecule has 0 saturated carbocycles. The number of hydrogen-bond acceptors (Lipinski definition) is 3. The minimum Gasteiger partial charge on any atom is -0.493 e. The van der Waals surface area contributed by atoms with E-state index in [0.717, 1.165) is 28.0 Å². The maximum Gasteiger partial charge on any atom is 0.303 e. The molecule has 3 rings (SSSR count). The Morgan fingerprint density at radius 1 is 1.26 bits per heavy atom. The van der Waals surface area contributed by atoms with E-state index in [2.05, 4.69) is 9.55 Å². The van der Waals surface area contributed by atoms with Gasteiger partial charge in [-0.05, 0) is 43.5 Å². The molecule has 1 N–H and O–H groups in total. The van der Waals surface area contributed by atoms with Crippen LogP contribution in [-0.2, 0) is 11.3 Å². The second-order valence-corrected chi connectivity index (χ2v) is 7.20. The molecule has 0 aliphatic rings. The van der Waals surface area contributed by atoms with Gasteiger partial charge in [0, 0.05) is 12.5 Å². The molecule has 0 atom stereocenters. The average molecular weight is 407 g/mol. The van der Waals surface area contributed by atoms with Crippen LogP contribution in [0.4, 0.5) is 0 Å². The van der Waals surface area contributed by atoms with Crippen molar-refractivity contribution in [1.82, 2.24) is 9.55 Å². The highest BCUT2D eigenvalue weighted by Gasteiger charge is 2.14. The minimum absolute atomic E-state index is 0.0888. The summed E-state index contributed by atoms with van der Waals surface area (Å²) in [6.07, 6.45) is 0.550. The topological polar surface area (TPSA) is 64.3 Å². The molecule has 0 radical (unpaired) electrons. The van der Waals surface area contributed by atoms with Crippen LogP contribution in [0.15, 0.2) is 30.3 Å². The van der Waals surface area contributed by atoms with Gasteiger partial charge in [-0.2, -0.15) is 0 Å². The van der Waals surface area contributed by atoms with Gasteiger partial charge in [0.05, 0.1) is 34.2 Å². The van der Waals surface area contributed by atoms with E-state index < -0.39 is 5.97 Å². The van der Waals surface area contributed by atoms with Gasteiger partial charge in [0.25, 0.3) is 0 Å². The fourth-order valence-electron chi connectivity index (χ4n) is 3.01. The Labute approximate surface area is 167 Å². The number of hydrogen-bond donors (Lipinski definition) is 1. The highest BCUT2D eigenvalue weighted by atomic mass is 35.5. The lowest BCUT2D eigenvalue weighted by Gasteiger charge is -2.11. The van der Waals surface area contributed by atoms with E-state index in [1.54, 1.807) is 6.07 Å². The predicted molar refractivity (Wildman–Crippen MR) is 107 cm³/mol. The van der Waals surface area contributed by atoms with E-state index in [4.69, 9.17) is 33.0 Å². The summed E-state index contributed by atoms with van der Waals surface area (Å²) in [5.74, 6) is 0.744. The van der Waals surface area contributed by atoms with Gasteiger partial charge in [-0.15, -0.1) is 0 Å². The number of aromatic nitrogens is 2. The summed E-state index contributed by atoms with van der Waals surface area (Å²) in [6.45, 7) is 4.83. The van der Waals surface area contributed by atoms with Crippen LogP contribution in [-0.4, -0.2) is 27.2 Å². The number of halogens is 2. The fraction of sp³-hybridized carbons (Fsp3) is 0.300. The summed E-state index contributed by atoms with van der Waals surface area (Å²) in [6, 6.07) is 9.44. The van der Waals surface area contributed by atoms with Gasteiger partial charge in [0.2, 0.25) is 0 Å². The first-order valence-corrected chi connectivity index (χ1v) is 9.37. The van der Waals surface area contributed by atoms with Crippen molar-refractivity contribution >= 4 is 40.2 Å². The number of aryl methyl sites for hydroxylation is 2. The normalized spacial score (nSPS) is 11.1. The number of fused-ring (bicyclic) bond motifs is 1. The Kier molecular flexibility index (Phi) is 5.92. The second-order valence-electron chi connectivity index (χ2n) is 6.41. The molecule has 142 valence electrons. The number of nitrogens with zero attached hydrogens (tertiary/aromatic N) is 2. The SMILES string of the molecule is Cc1cc(OCCCC(=O)O)cc2c1nc(C)n2Cc1cccc(Cl)c1Cl. The Morgan fingerprint density at radius 2 is 2.04 bits per heavy atom. The molecule has 0 bridgehead atoms. The van der Waals surface area contributed by atoms with E-state index in [0.29, 0.717) is 35.4 Å². The maximum absolute atomic E-state index is 10.6. The summed E-state index contributed by atoms with van der Waals surface area (Å²) in [5.41, 5.74) is 3.76. The van der Waals surface area contributed by atoms with Gasteiger partial charge < -0.3 is 14.4 Å². The first-order valence-electron chi connectivity index (χ1n) is 8.61. The second kappa shape index (κ2) is 8.19. The molecule has 2 aromatic carbocycles. The Balaban J connectivity index is 1.92. The zero-order valence-corrected chi connectivity index (χ0v) is 16.6. The fourth-order valence-corrected chi connectivity index (χ4v) is 3.39. The molecule has 0 unspecified atom stereocenters. The van der Waals surface area contributed by atoms with Crippen LogP contribution in [0.25, 0.3) is 11.0 Å². The lowest BCUT2D eigenvalue weighted by atomic mass is 10.2. The average Bonchev–Trinajstić information content (AvgIpc) is 2.92. The summed E-state index contributed by atoms with van der Waals surface area (Å²) >= 11 is 12.5. The van der Waals surface area contributed by atoms with Gasteiger partial charge in [-0.3, -0.25) is 4.79 Å². The smallest absolute Gasteiger partial charge is 0.303 e. The number of benzene rings is 2. The summed E-state index contributed by atoms with van der Waals surface area (Å²) < 4.78 is 7.82. The highest BCUT2D eigenvalue weighted by Crippen LogP contribution is 2.30. The highest BCUT2D eigenvalue weighted by molar-refractivity contribution is 6.42. The maximum atomic E-state index is 10.6. The number of aliphatic carboxylic acids is 1. The summed E-state index contributed by atoms with van der Waals surface area (Å²) in [5, 5.41) is 9.79.